The van der Waals surface area contributed by atoms with Gasteiger partial charge in [0, 0.05) is 19.3 Å². The molecule has 0 bridgehead atoms. The number of fused-ring (bicyclic) bond motifs is 1. The van der Waals surface area contributed by atoms with Crippen LogP contribution in [0.3, 0.4) is 0 Å². The van der Waals surface area contributed by atoms with Crippen molar-refractivity contribution in [1.29, 1.82) is 0 Å². The Morgan fingerprint density at radius 2 is 1.53 bits per heavy atom. The van der Waals surface area contributed by atoms with E-state index in [1.807, 2.05) is 27.7 Å². The number of benzene rings is 1. The number of sulfonamides is 1. The van der Waals surface area contributed by atoms with Crippen molar-refractivity contribution in [1.82, 2.24) is 14.2 Å². The first-order chi connectivity index (χ1) is 14.1. The van der Waals surface area contributed by atoms with E-state index in [0.29, 0.717) is 24.2 Å². The smallest absolute Gasteiger partial charge is 0.268 e. The van der Waals surface area contributed by atoms with Crippen LogP contribution >= 0.6 is 0 Å². The van der Waals surface area contributed by atoms with Crippen LogP contribution in [-0.2, 0) is 16.6 Å². The molecule has 0 unspecified atom stereocenters. The molecule has 0 fully saturated rings. The van der Waals surface area contributed by atoms with Crippen molar-refractivity contribution in [3.05, 3.63) is 59.4 Å². The standard InChI is InChI=1S/C22H27N3O4S/c1-15(2)12-24(13-16(3)4)30(28,29)18-9-7-17(8-10-18)14-25-21(26)19-6-5-11-23-20(19)22(25)27/h5-11,15-16H,12-14H2,1-4H3. The number of carbonyl (C=O) groups is 2. The van der Waals surface area contributed by atoms with Gasteiger partial charge < -0.3 is 0 Å². The third-order valence-electron chi connectivity index (χ3n) is 4.77. The number of nitrogens with zero attached hydrogens (tertiary/aromatic N) is 3. The van der Waals surface area contributed by atoms with E-state index in [9.17, 15) is 18.0 Å². The van der Waals surface area contributed by atoms with Gasteiger partial charge in [-0.15, -0.1) is 0 Å². The van der Waals surface area contributed by atoms with Gasteiger partial charge in [0.15, 0.2) is 0 Å². The lowest BCUT2D eigenvalue weighted by molar-refractivity contribution is 0.0640. The first-order valence-electron chi connectivity index (χ1n) is 10.0. The minimum atomic E-state index is -3.62. The number of pyridine rings is 1. The van der Waals surface area contributed by atoms with Crippen LogP contribution in [0, 0.1) is 11.8 Å². The molecule has 0 saturated heterocycles. The van der Waals surface area contributed by atoms with Crippen LogP contribution in [0.25, 0.3) is 0 Å². The van der Waals surface area contributed by atoms with Crippen LogP contribution in [0.4, 0.5) is 0 Å². The van der Waals surface area contributed by atoms with Gasteiger partial charge in [-0.1, -0.05) is 39.8 Å². The van der Waals surface area contributed by atoms with E-state index >= 15 is 0 Å². The Bertz CT molecular complexity index is 1000. The highest BCUT2D eigenvalue weighted by molar-refractivity contribution is 7.89. The van der Waals surface area contributed by atoms with Gasteiger partial charge in [0.2, 0.25) is 10.0 Å². The molecule has 2 aromatic rings. The highest BCUT2D eigenvalue weighted by Crippen LogP contribution is 2.24. The quantitative estimate of drug-likeness (QED) is 0.602. The van der Waals surface area contributed by atoms with E-state index in [0.717, 1.165) is 4.90 Å². The first kappa shape index (κ1) is 22.1. The maximum absolute atomic E-state index is 13.1. The number of hydrogen-bond donors (Lipinski definition) is 0. The van der Waals surface area contributed by atoms with Crippen LogP contribution in [0.15, 0.2) is 47.5 Å². The number of amides is 2. The summed E-state index contributed by atoms with van der Waals surface area (Å²) in [5.41, 5.74) is 1.11. The van der Waals surface area contributed by atoms with Crippen LogP contribution in [0.1, 0.15) is 54.1 Å². The highest BCUT2D eigenvalue weighted by Gasteiger charge is 2.36. The van der Waals surface area contributed by atoms with E-state index in [2.05, 4.69) is 4.98 Å². The number of imide groups is 1. The molecule has 3 rings (SSSR count). The zero-order valence-corrected chi connectivity index (χ0v) is 18.5. The predicted molar refractivity (Wildman–Crippen MR) is 113 cm³/mol. The molecule has 30 heavy (non-hydrogen) atoms. The zero-order chi connectivity index (χ0) is 22.1. The van der Waals surface area contributed by atoms with Gasteiger partial charge >= 0.3 is 0 Å². The van der Waals surface area contributed by atoms with E-state index in [1.54, 1.807) is 24.3 Å². The van der Waals surface area contributed by atoms with E-state index in [4.69, 9.17) is 0 Å². The average molecular weight is 430 g/mol. The summed E-state index contributed by atoms with van der Waals surface area (Å²) in [6, 6.07) is 9.56. The molecular formula is C22H27N3O4S. The summed E-state index contributed by atoms with van der Waals surface area (Å²) in [5.74, 6) is -0.410. The Labute approximate surface area is 177 Å². The molecule has 1 aliphatic heterocycles. The fraction of sp³-hybridized carbons (Fsp3) is 0.409. The molecule has 160 valence electrons. The Kier molecular flexibility index (Phi) is 6.38. The highest BCUT2D eigenvalue weighted by atomic mass is 32.2. The topological polar surface area (TPSA) is 87.7 Å². The van der Waals surface area contributed by atoms with E-state index < -0.39 is 15.9 Å². The largest absolute Gasteiger partial charge is 0.280 e. The molecule has 0 spiro atoms. The lowest BCUT2D eigenvalue weighted by Gasteiger charge is -2.25. The molecule has 8 heteroatoms. The fourth-order valence-electron chi connectivity index (χ4n) is 3.44. The maximum Gasteiger partial charge on any atom is 0.280 e. The molecule has 1 aromatic heterocycles. The second-order valence-electron chi connectivity index (χ2n) is 8.35. The summed E-state index contributed by atoms with van der Waals surface area (Å²) in [4.78, 5) is 30.3. The monoisotopic (exact) mass is 429 g/mol. The molecule has 1 aliphatic rings. The number of hydrogen-bond acceptors (Lipinski definition) is 5. The number of rotatable bonds is 8. The van der Waals surface area contributed by atoms with Crippen molar-refractivity contribution >= 4 is 21.8 Å². The van der Waals surface area contributed by atoms with Gasteiger partial charge in [-0.2, -0.15) is 4.31 Å². The van der Waals surface area contributed by atoms with Gasteiger partial charge in [0.1, 0.15) is 5.69 Å². The first-order valence-corrected chi connectivity index (χ1v) is 11.5. The lowest BCUT2D eigenvalue weighted by Crippen LogP contribution is -2.37. The minimum absolute atomic E-state index is 0.0655. The Morgan fingerprint density at radius 1 is 0.933 bits per heavy atom. The molecule has 0 radical (unpaired) electrons. The van der Waals surface area contributed by atoms with E-state index in [-0.39, 0.29) is 34.9 Å². The van der Waals surface area contributed by atoms with Crippen molar-refractivity contribution in [2.75, 3.05) is 13.1 Å². The third kappa shape index (κ3) is 4.44. The third-order valence-corrected chi connectivity index (χ3v) is 6.62. The predicted octanol–water partition coefficient (Wildman–Crippen LogP) is 3.18. The average Bonchev–Trinajstić information content (AvgIpc) is 2.92. The zero-order valence-electron chi connectivity index (χ0n) is 17.7. The summed E-state index contributed by atoms with van der Waals surface area (Å²) in [5, 5.41) is 0. The van der Waals surface area contributed by atoms with Crippen molar-refractivity contribution in [3.63, 3.8) is 0 Å². The van der Waals surface area contributed by atoms with Gasteiger partial charge in [-0.05, 0) is 41.7 Å². The second kappa shape index (κ2) is 8.65. The summed E-state index contributed by atoms with van der Waals surface area (Å²) >= 11 is 0. The lowest BCUT2D eigenvalue weighted by atomic mass is 10.2. The van der Waals surface area contributed by atoms with Crippen LogP contribution in [0.2, 0.25) is 0 Å². The van der Waals surface area contributed by atoms with Crippen LogP contribution in [0.5, 0.6) is 0 Å². The number of carbonyl (C=O) groups excluding carboxylic acids is 2. The summed E-state index contributed by atoms with van der Waals surface area (Å²) in [6.45, 7) is 8.92. The SMILES string of the molecule is CC(C)CN(CC(C)C)S(=O)(=O)c1ccc(CN2C(=O)c3cccnc3C2=O)cc1. The molecule has 0 aliphatic carbocycles. The van der Waals surface area contributed by atoms with Gasteiger partial charge in [0.05, 0.1) is 17.0 Å². The minimum Gasteiger partial charge on any atom is -0.268 e. The molecule has 1 aromatic carbocycles. The van der Waals surface area contributed by atoms with Crippen molar-refractivity contribution < 1.29 is 18.0 Å². The van der Waals surface area contributed by atoms with Gasteiger partial charge in [-0.3, -0.25) is 19.5 Å². The Balaban J connectivity index is 1.79. The molecule has 0 atom stereocenters. The number of aromatic nitrogens is 1. The van der Waals surface area contributed by atoms with Gasteiger partial charge in [-0.25, -0.2) is 8.42 Å². The second-order valence-corrected chi connectivity index (χ2v) is 10.3. The molecule has 2 heterocycles. The Hall–Kier alpha value is -2.58. The molecule has 0 saturated carbocycles. The molecule has 7 nitrogen and oxygen atoms in total. The summed E-state index contributed by atoms with van der Waals surface area (Å²) in [7, 11) is -3.62. The Morgan fingerprint density at radius 3 is 2.07 bits per heavy atom. The van der Waals surface area contributed by atoms with Crippen molar-refractivity contribution in [2.45, 2.75) is 39.1 Å². The molecular weight excluding hydrogens is 402 g/mol. The molecule has 2 amide bonds. The van der Waals surface area contributed by atoms with E-state index in [1.165, 1.54) is 22.6 Å². The fourth-order valence-corrected chi connectivity index (χ4v) is 5.21. The van der Waals surface area contributed by atoms with Gasteiger partial charge in [0.25, 0.3) is 11.8 Å². The van der Waals surface area contributed by atoms with Crippen LogP contribution in [-0.4, -0.2) is 47.5 Å². The maximum atomic E-state index is 13.1. The normalized spacial score (nSPS) is 14.3. The molecule has 0 N–H and O–H groups in total. The van der Waals surface area contributed by atoms with Crippen molar-refractivity contribution in [2.24, 2.45) is 11.8 Å². The summed E-state index contributed by atoms with van der Waals surface area (Å²) in [6.07, 6.45) is 1.48. The van der Waals surface area contributed by atoms with Crippen molar-refractivity contribution in [3.8, 4) is 0 Å². The van der Waals surface area contributed by atoms with Crippen LogP contribution < -0.4 is 0 Å². The summed E-state index contributed by atoms with van der Waals surface area (Å²) < 4.78 is 27.7.